The fraction of sp³-hybridized carbons (Fsp3) is 0.500. The van der Waals surface area contributed by atoms with E-state index < -0.39 is 11.9 Å². The first-order valence-corrected chi connectivity index (χ1v) is 6.36. The van der Waals surface area contributed by atoms with Crippen LogP contribution in [0.3, 0.4) is 0 Å². The molecule has 5 nitrogen and oxygen atoms in total. The number of nitriles is 1. The Bertz CT molecular complexity index is 536. The maximum absolute atomic E-state index is 11.2. The van der Waals surface area contributed by atoms with Gasteiger partial charge in [0.25, 0.3) is 0 Å². The van der Waals surface area contributed by atoms with Crippen LogP contribution in [0, 0.1) is 30.1 Å². The van der Waals surface area contributed by atoms with E-state index in [-0.39, 0.29) is 5.92 Å². The molecule has 0 amide bonds. The molecule has 1 saturated heterocycles. The van der Waals surface area contributed by atoms with Gasteiger partial charge in [-0.05, 0) is 30.9 Å². The van der Waals surface area contributed by atoms with Crippen LogP contribution in [-0.2, 0) is 4.79 Å². The van der Waals surface area contributed by atoms with Crippen molar-refractivity contribution in [3.63, 3.8) is 0 Å². The van der Waals surface area contributed by atoms with Gasteiger partial charge in [0.05, 0.1) is 11.5 Å². The van der Waals surface area contributed by atoms with Gasteiger partial charge in [-0.2, -0.15) is 5.26 Å². The second-order valence-electron chi connectivity index (χ2n) is 5.22. The number of rotatable bonds is 2. The van der Waals surface area contributed by atoms with Gasteiger partial charge in [0, 0.05) is 19.3 Å². The van der Waals surface area contributed by atoms with Gasteiger partial charge >= 0.3 is 5.97 Å². The van der Waals surface area contributed by atoms with Gasteiger partial charge in [0.1, 0.15) is 11.9 Å². The van der Waals surface area contributed by atoms with Crippen molar-refractivity contribution in [2.24, 2.45) is 11.8 Å². The average Bonchev–Trinajstić information content (AvgIpc) is 2.37. The third-order valence-corrected chi connectivity index (χ3v) is 3.56. The molecular weight excluding hydrogens is 242 g/mol. The molecule has 2 unspecified atom stereocenters. The van der Waals surface area contributed by atoms with E-state index >= 15 is 0 Å². The van der Waals surface area contributed by atoms with E-state index in [2.05, 4.69) is 11.1 Å². The zero-order valence-electron chi connectivity index (χ0n) is 11.1. The molecule has 19 heavy (non-hydrogen) atoms. The van der Waals surface area contributed by atoms with Crippen molar-refractivity contribution in [2.45, 2.75) is 20.3 Å². The van der Waals surface area contributed by atoms with Gasteiger partial charge in [0.2, 0.25) is 0 Å². The summed E-state index contributed by atoms with van der Waals surface area (Å²) >= 11 is 0. The van der Waals surface area contributed by atoms with Gasteiger partial charge in [-0.25, -0.2) is 4.98 Å². The number of hydrogen-bond donors (Lipinski definition) is 1. The Morgan fingerprint density at radius 1 is 1.58 bits per heavy atom. The van der Waals surface area contributed by atoms with Crippen molar-refractivity contribution in [1.29, 1.82) is 5.26 Å². The predicted octanol–water partition coefficient (Wildman–Crippen LogP) is 1.81. The van der Waals surface area contributed by atoms with Crippen molar-refractivity contribution in [3.05, 3.63) is 23.4 Å². The quantitative estimate of drug-likeness (QED) is 0.876. The lowest BCUT2D eigenvalue weighted by molar-refractivity contribution is -0.142. The third-order valence-electron chi connectivity index (χ3n) is 3.56. The summed E-state index contributed by atoms with van der Waals surface area (Å²) in [6.45, 7) is 5.06. The SMILES string of the molecule is Cc1ccnc(N2CC(C)CC(C(=O)O)C2)c1C#N. The van der Waals surface area contributed by atoms with E-state index in [1.807, 2.05) is 18.7 Å². The lowest BCUT2D eigenvalue weighted by atomic mass is 9.90. The molecule has 1 aliphatic heterocycles. The summed E-state index contributed by atoms with van der Waals surface area (Å²) in [7, 11) is 0. The number of aromatic nitrogens is 1. The van der Waals surface area contributed by atoms with E-state index in [1.165, 1.54) is 0 Å². The zero-order chi connectivity index (χ0) is 14.0. The number of carbonyl (C=O) groups is 1. The molecule has 5 heteroatoms. The number of pyridine rings is 1. The monoisotopic (exact) mass is 259 g/mol. The minimum atomic E-state index is -0.775. The maximum Gasteiger partial charge on any atom is 0.308 e. The standard InChI is InChI=1S/C14H17N3O2/c1-9-5-11(14(18)19)8-17(7-9)13-12(6-15)10(2)3-4-16-13/h3-4,9,11H,5,7-8H2,1-2H3,(H,18,19). The molecule has 1 aliphatic rings. The molecule has 0 radical (unpaired) electrons. The summed E-state index contributed by atoms with van der Waals surface area (Å²) in [5.74, 6) is -0.274. The summed E-state index contributed by atoms with van der Waals surface area (Å²) in [4.78, 5) is 17.4. The van der Waals surface area contributed by atoms with Crippen LogP contribution in [0.25, 0.3) is 0 Å². The summed E-state index contributed by atoms with van der Waals surface area (Å²) in [6, 6.07) is 3.96. The van der Waals surface area contributed by atoms with Crippen molar-refractivity contribution < 1.29 is 9.90 Å². The van der Waals surface area contributed by atoms with Gasteiger partial charge in [0.15, 0.2) is 0 Å². The molecule has 2 rings (SSSR count). The summed E-state index contributed by atoms with van der Waals surface area (Å²) in [5, 5.41) is 18.4. The number of nitrogens with zero attached hydrogens (tertiary/aromatic N) is 3. The zero-order valence-corrected chi connectivity index (χ0v) is 11.1. The lowest BCUT2D eigenvalue weighted by Gasteiger charge is -2.36. The van der Waals surface area contributed by atoms with Crippen molar-refractivity contribution in [3.8, 4) is 6.07 Å². The first kappa shape index (κ1) is 13.3. The Morgan fingerprint density at radius 3 is 2.95 bits per heavy atom. The Balaban J connectivity index is 2.34. The molecule has 0 aliphatic carbocycles. The van der Waals surface area contributed by atoms with E-state index in [0.717, 1.165) is 12.1 Å². The van der Waals surface area contributed by atoms with Gasteiger partial charge in [-0.1, -0.05) is 6.92 Å². The normalized spacial score (nSPS) is 22.9. The second-order valence-corrected chi connectivity index (χ2v) is 5.22. The van der Waals surface area contributed by atoms with E-state index in [0.29, 0.717) is 24.3 Å². The molecule has 1 aromatic rings. The fourth-order valence-corrected chi connectivity index (χ4v) is 2.63. The van der Waals surface area contributed by atoms with E-state index in [1.54, 1.807) is 12.3 Å². The molecule has 0 saturated carbocycles. The lowest BCUT2D eigenvalue weighted by Crippen LogP contribution is -2.43. The van der Waals surface area contributed by atoms with Gasteiger partial charge in [-0.15, -0.1) is 0 Å². The number of piperidine rings is 1. The summed E-state index contributed by atoms with van der Waals surface area (Å²) in [6.07, 6.45) is 2.35. The molecule has 1 fully saturated rings. The number of anilines is 1. The average molecular weight is 259 g/mol. The first-order valence-electron chi connectivity index (χ1n) is 6.36. The van der Waals surface area contributed by atoms with Crippen molar-refractivity contribution in [2.75, 3.05) is 18.0 Å². The van der Waals surface area contributed by atoms with Crippen LogP contribution in [-0.4, -0.2) is 29.1 Å². The smallest absolute Gasteiger partial charge is 0.308 e. The van der Waals surface area contributed by atoms with Crippen LogP contribution in [0.2, 0.25) is 0 Å². The van der Waals surface area contributed by atoms with Crippen molar-refractivity contribution in [1.82, 2.24) is 4.98 Å². The minimum Gasteiger partial charge on any atom is -0.481 e. The molecular formula is C14H17N3O2. The molecule has 2 heterocycles. The Kier molecular flexibility index (Phi) is 3.70. The van der Waals surface area contributed by atoms with E-state index in [9.17, 15) is 15.2 Å². The predicted molar refractivity (Wildman–Crippen MR) is 70.8 cm³/mol. The number of carboxylic acid groups (broad SMARTS) is 1. The molecule has 0 bridgehead atoms. The second kappa shape index (κ2) is 5.27. The Morgan fingerprint density at radius 2 is 2.32 bits per heavy atom. The van der Waals surface area contributed by atoms with Gasteiger partial charge < -0.3 is 10.0 Å². The number of aliphatic carboxylic acids is 1. The van der Waals surface area contributed by atoms with Crippen LogP contribution in [0.4, 0.5) is 5.82 Å². The van der Waals surface area contributed by atoms with Crippen LogP contribution >= 0.6 is 0 Å². The molecule has 0 spiro atoms. The molecule has 1 N–H and O–H groups in total. The Labute approximate surface area is 112 Å². The minimum absolute atomic E-state index is 0.281. The van der Waals surface area contributed by atoms with Crippen LogP contribution in [0.1, 0.15) is 24.5 Å². The highest BCUT2D eigenvalue weighted by molar-refractivity contribution is 5.71. The largest absolute Gasteiger partial charge is 0.481 e. The Hall–Kier alpha value is -2.09. The highest BCUT2D eigenvalue weighted by Gasteiger charge is 2.31. The van der Waals surface area contributed by atoms with Crippen LogP contribution < -0.4 is 4.90 Å². The number of hydrogen-bond acceptors (Lipinski definition) is 4. The summed E-state index contributed by atoms with van der Waals surface area (Å²) < 4.78 is 0. The number of carboxylic acids is 1. The molecule has 2 atom stereocenters. The highest BCUT2D eigenvalue weighted by Crippen LogP contribution is 2.28. The maximum atomic E-state index is 11.2. The fourth-order valence-electron chi connectivity index (χ4n) is 2.63. The topological polar surface area (TPSA) is 77.2 Å². The van der Waals surface area contributed by atoms with E-state index in [4.69, 9.17) is 0 Å². The summed E-state index contributed by atoms with van der Waals surface area (Å²) in [5.41, 5.74) is 1.42. The first-order chi connectivity index (χ1) is 9.02. The third kappa shape index (κ3) is 2.68. The van der Waals surface area contributed by atoms with Crippen LogP contribution in [0.5, 0.6) is 0 Å². The van der Waals surface area contributed by atoms with Crippen LogP contribution in [0.15, 0.2) is 12.3 Å². The van der Waals surface area contributed by atoms with Gasteiger partial charge in [-0.3, -0.25) is 4.79 Å². The molecule has 100 valence electrons. The molecule has 0 aromatic carbocycles. The highest BCUT2D eigenvalue weighted by atomic mass is 16.4. The number of aryl methyl sites for hydroxylation is 1. The molecule has 1 aromatic heterocycles. The van der Waals surface area contributed by atoms with Crippen molar-refractivity contribution >= 4 is 11.8 Å².